The average Bonchev–Trinajstić information content (AvgIpc) is 2.20. The van der Waals surface area contributed by atoms with Crippen LogP contribution in [0, 0.1) is 18.6 Å². The summed E-state index contributed by atoms with van der Waals surface area (Å²) in [7, 11) is 1.76. The molecule has 0 aliphatic rings. The van der Waals surface area contributed by atoms with Crippen molar-refractivity contribution in [2.24, 2.45) is 0 Å². The highest BCUT2D eigenvalue weighted by Crippen LogP contribution is 2.23. The highest BCUT2D eigenvalue weighted by atomic mass is 19.1. The Hall–Kier alpha value is -0.960. The molecule has 1 atom stereocenters. The Balaban J connectivity index is 3.06. The molecule has 0 saturated carbocycles. The van der Waals surface area contributed by atoms with Gasteiger partial charge in [-0.15, -0.1) is 0 Å². The maximum Gasteiger partial charge on any atom is 0.128 e. The van der Waals surface area contributed by atoms with Crippen molar-refractivity contribution in [3.05, 3.63) is 34.9 Å². The normalized spacial score (nSPS) is 12.9. The van der Waals surface area contributed by atoms with E-state index in [1.807, 2.05) is 6.92 Å². The zero-order valence-electron chi connectivity index (χ0n) is 9.40. The van der Waals surface area contributed by atoms with Crippen LogP contribution in [0.3, 0.4) is 0 Å². The smallest absolute Gasteiger partial charge is 0.128 e. The molecular weight excluding hydrogens is 196 g/mol. The Morgan fingerprint density at radius 1 is 1.27 bits per heavy atom. The summed E-state index contributed by atoms with van der Waals surface area (Å²) in [5.41, 5.74) is 0.769. The lowest BCUT2D eigenvalue weighted by atomic mass is 10.0. The zero-order valence-corrected chi connectivity index (χ0v) is 9.40. The van der Waals surface area contributed by atoms with Gasteiger partial charge in [0.2, 0.25) is 0 Å². The van der Waals surface area contributed by atoms with Crippen LogP contribution >= 0.6 is 0 Å². The first-order valence-electron chi connectivity index (χ1n) is 5.23. The molecule has 1 rings (SSSR count). The van der Waals surface area contributed by atoms with Crippen molar-refractivity contribution in [3.63, 3.8) is 0 Å². The number of rotatable bonds is 4. The summed E-state index contributed by atoms with van der Waals surface area (Å²) in [5, 5.41) is 3.00. The van der Waals surface area contributed by atoms with Crippen LogP contribution < -0.4 is 5.32 Å². The average molecular weight is 213 g/mol. The summed E-state index contributed by atoms with van der Waals surface area (Å²) in [6.07, 6.45) is 1.73. The molecule has 1 aromatic carbocycles. The van der Waals surface area contributed by atoms with E-state index in [9.17, 15) is 8.78 Å². The predicted octanol–water partition coefficient (Wildman–Crippen LogP) is 3.33. The minimum absolute atomic E-state index is 0.106. The SMILES string of the molecule is CCCC(NC)c1cc(F)c(C)cc1F. The van der Waals surface area contributed by atoms with Crippen molar-refractivity contribution < 1.29 is 8.78 Å². The van der Waals surface area contributed by atoms with Crippen molar-refractivity contribution >= 4 is 0 Å². The van der Waals surface area contributed by atoms with Crippen LogP contribution in [-0.4, -0.2) is 7.05 Å². The van der Waals surface area contributed by atoms with E-state index in [4.69, 9.17) is 0 Å². The zero-order chi connectivity index (χ0) is 11.4. The van der Waals surface area contributed by atoms with E-state index < -0.39 is 0 Å². The molecule has 1 nitrogen and oxygen atoms in total. The van der Waals surface area contributed by atoms with E-state index >= 15 is 0 Å². The Bertz CT molecular complexity index is 337. The number of aryl methyl sites for hydroxylation is 1. The molecule has 15 heavy (non-hydrogen) atoms. The van der Waals surface area contributed by atoms with E-state index in [-0.39, 0.29) is 17.7 Å². The highest BCUT2D eigenvalue weighted by Gasteiger charge is 2.15. The minimum Gasteiger partial charge on any atom is -0.313 e. The molecule has 1 aromatic rings. The van der Waals surface area contributed by atoms with Crippen LogP contribution in [0.5, 0.6) is 0 Å². The van der Waals surface area contributed by atoms with Crippen molar-refractivity contribution in [2.45, 2.75) is 32.7 Å². The Morgan fingerprint density at radius 3 is 2.47 bits per heavy atom. The molecule has 1 N–H and O–H groups in total. The van der Waals surface area contributed by atoms with Crippen molar-refractivity contribution in [1.82, 2.24) is 5.32 Å². The number of halogens is 2. The van der Waals surface area contributed by atoms with E-state index in [2.05, 4.69) is 5.32 Å². The van der Waals surface area contributed by atoms with Gasteiger partial charge in [0.25, 0.3) is 0 Å². The van der Waals surface area contributed by atoms with Gasteiger partial charge in [-0.1, -0.05) is 13.3 Å². The fraction of sp³-hybridized carbons (Fsp3) is 0.500. The molecule has 1 unspecified atom stereocenters. The molecular formula is C12H17F2N. The third-order valence-corrected chi connectivity index (χ3v) is 2.58. The molecule has 0 aromatic heterocycles. The number of benzene rings is 1. The topological polar surface area (TPSA) is 12.0 Å². The van der Waals surface area contributed by atoms with Crippen LogP contribution in [0.2, 0.25) is 0 Å². The molecule has 0 aliphatic heterocycles. The molecule has 0 aliphatic carbocycles. The first-order chi connectivity index (χ1) is 7.10. The van der Waals surface area contributed by atoms with E-state index in [1.54, 1.807) is 14.0 Å². The largest absolute Gasteiger partial charge is 0.313 e. The fourth-order valence-electron chi connectivity index (χ4n) is 1.67. The van der Waals surface area contributed by atoms with Gasteiger partial charge in [-0.3, -0.25) is 0 Å². The summed E-state index contributed by atoms with van der Waals surface area (Å²) in [6.45, 7) is 3.59. The lowest BCUT2D eigenvalue weighted by Crippen LogP contribution is -2.17. The molecule has 0 fully saturated rings. The summed E-state index contributed by atoms with van der Waals surface area (Å²) >= 11 is 0. The van der Waals surface area contributed by atoms with Gasteiger partial charge in [0.1, 0.15) is 11.6 Å². The van der Waals surface area contributed by atoms with Gasteiger partial charge in [-0.2, -0.15) is 0 Å². The Labute approximate surface area is 89.5 Å². The fourth-order valence-corrected chi connectivity index (χ4v) is 1.67. The van der Waals surface area contributed by atoms with Gasteiger partial charge in [0, 0.05) is 11.6 Å². The van der Waals surface area contributed by atoms with Crippen LogP contribution in [0.1, 0.15) is 36.9 Å². The van der Waals surface area contributed by atoms with Crippen molar-refractivity contribution in [2.75, 3.05) is 7.05 Å². The van der Waals surface area contributed by atoms with Crippen LogP contribution in [0.4, 0.5) is 8.78 Å². The van der Waals surface area contributed by atoms with Crippen molar-refractivity contribution in [3.8, 4) is 0 Å². The number of hydrogen-bond acceptors (Lipinski definition) is 1. The molecule has 3 heteroatoms. The Morgan fingerprint density at radius 2 is 1.93 bits per heavy atom. The third-order valence-electron chi connectivity index (χ3n) is 2.58. The molecule has 0 spiro atoms. The molecule has 0 saturated heterocycles. The van der Waals surface area contributed by atoms with E-state index in [0.29, 0.717) is 11.1 Å². The lowest BCUT2D eigenvalue weighted by Gasteiger charge is -2.17. The lowest BCUT2D eigenvalue weighted by molar-refractivity contribution is 0.495. The second kappa shape index (κ2) is 5.21. The predicted molar refractivity (Wildman–Crippen MR) is 57.8 cm³/mol. The van der Waals surface area contributed by atoms with Crippen LogP contribution in [0.15, 0.2) is 12.1 Å². The van der Waals surface area contributed by atoms with E-state index in [1.165, 1.54) is 12.1 Å². The van der Waals surface area contributed by atoms with Crippen molar-refractivity contribution in [1.29, 1.82) is 0 Å². The number of hydrogen-bond donors (Lipinski definition) is 1. The molecule has 0 amide bonds. The first-order valence-corrected chi connectivity index (χ1v) is 5.23. The second-order valence-electron chi connectivity index (χ2n) is 3.75. The molecule has 0 heterocycles. The molecule has 84 valence electrons. The van der Waals surface area contributed by atoms with Gasteiger partial charge < -0.3 is 5.32 Å². The van der Waals surface area contributed by atoms with Gasteiger partial charge >= 0.3 is 0 Å². The standard InChI is InChI=1S/C12H17F2N/c1-4-5-12(15-3)9-7-10(13)8(2)6-11(9)14/h6-7,12,15H,4-5H2,1-3H3. The summed E-state index contributed by atoms with van der Waals surface area (Å²) in [5.74, 6) is -0.676. The number of nitrogens with one attached hydrogen (secondary N) is 1. The Kier molecular flexibility index (Phi) is 4.21. The van der Waals surface area contributed by atoms with Gasteiger partial charge in [0.15, 0.2) is 0 Å². The maximum atomic E-state index is 13.6. The highest BCUT2D eigenvalue weighted by molar-refractivity contribution is 5.27. The minimum atomic E-state index is -0.345. The summed E-state index contributed by atoms with van der Waals surface area (Å²) in [4.78, 5) is 0. The van der Waals surface area contributed by atoms with Crippen LogP contribution in [-0.2, 0) is 0 Å². The monoisotopic (exact) mass is 213 g/mol. The van der Waals surface area contributed by atoms with Gasteiger partial charge in [-0.25, -0.2) is 8.78 Å². The molecule has 0 radical (unpaired) electrons. The summed E-state index contributed by atoms with van der Waals surface area (Å²) < 4.78 is 26.9. The summed E-state index contributed by atoms with van der Waals surface area (Å²) in [6, 6.07) is 2.44. The quantitative estimate of drug-likeness (QED) is 0.808. The third kappa shape index (κ3) is 2.75. The second-order valence-corrected chi connectivity index (χ2v) is 3.75. The van der Waals surface area contributed by atoms with Gasteiger partial charge in [-0.05, 0) is 38.1 Å². The van der Waals surface area contributed by atoms with E-state index in [0.717, 1.165) is 12.8 Å². The van der Waals surface area contributed by atoms with Gasteiger partial charge in [0.05, 0.1) is 0 Å². The van der Waals surface area contributed by atoms with Crippen LogP contribution in [0.25, 0.3) is 0 Å². The first kappa shape index (κ1) is 12.1. The maximum absolute atomic E-state index is 13.6. The molecule has 0 bridgehead atoms.